The lowest BCUT2D eigenvalue weighted by atomic mass is 9.99. The number of amides is 2. The SMILES string of the molecule is COc1ccc(N2CC(=O)N(c3ccccc3)[C@@H](c3ccc(N(C)C)cc3)C2=O)c(OC)c1. The predicted molar refractivity (Wildman–Crippen MR) is 129 cm³/mol. The van der Waals surface area contributed by atoms with Crippen molar-refractivity contribution in [2.24, 2.45) is 0 Å². The van der Waals surface area contributed by atoms with Gasteiger partial charge in [-0.3, -0.25) is 19.4 Å². The minimum atomic E-state index is -0.809. The first-order chi connectivity index (χ1) is 15.9. The molecule has 0 aromatic heterocycles. The fraction of sp³-hybridized carbons (Fsp3) is 0.231. The number of benzene rings is 3. The zero-order valence-electron chi connectivity index (χ0n) is 19.2. The van der Waals surface area contributed by atoms with Gasteiger partial charge in [0.15, 0.2) is 0 Å². The maximum Gasteiger partial charge on any atom is 0.255 e. The third-order valence-corrected chi connectivity index (χ3v) is 5.76. The Labute approximate surface area is 193 Å². The highest BCUT2D eigenvalue weighted by molar-refractivity contribution is 6.15. The topological polar surface area (TPSA) is 62.3 Å². The Hall–Kier alpha value is -4.00. The fourth-order valence-corrected chi connectivity index (χ4v) is 4.03. The summed E-state index contributed by atoms with van der Waals surface area (Å²) in [5.41, 5.74) is 2.95. The van der Waals surface area contributed by atoms with Crippen molar-refractivity contribution in [1.82, 2.24) is 0 Å². The minimum Gasteiger partial charge on any atom is -0.497 e. The van der Waals surface area contributed by atoms with E-state index in [0.717, 1.165) is 11.3 Å². The van der Waals surface area contributed by atoms with Gasteiger partial charge in [0.25, 0.3) is 5.91 Å². The summed E-state index contributed by atoms with van der Waals surface area (Å²) in [7, 11) is 7.01. The molecule has 0 aliphatic carbocycles. The molecule has 0 saturated carbocycles. The molecular formula is C26H27N3O4. The van der Waals surface area contributed by atoms with Gasteiger partial charge in [0.2, 0.25) is 5.91 Å². The van der Waals surface area contributed by atoms with Crippen LogP contribution in [0.2, 0.25) is 0 Å². The highest BCUT2D eigenvalue weighted by atomic mass is 16.5. The van der Waals surface area contributed by atoms with Gasteiger partial charge < -0.3 is 14.4 Å². The molecule has 3 aromatic carbocycles. The van der Waals surface area contributed by atoms with Gasteiger partial charge in [0.1, 0.15) is 24.1 Å². The van der Waals surface area contributed by atoms with Crippen molar-refractivity contribution in [1.29, 1.82) is 0 Å². The fourth-order valence-electron chi connectivity index (χ4n) is 4.03. The van der Waals surface area contributed by atoms with Gasteiger partial charge in [-0.25, -0.2) is 0 Å². The molecule has 7 heteroatoms. The third kappa shape index (κ3) is 4.22. The number of carbonyl (C=O) groups is 2. The maximum absolute atomic E-state index is 13.9. The molecule has 1 aliphatic heterocycles. The Kier molecular flexibility index (Phi) is 6.22. The van der Waals surface area contributed by atoms with Gasteiger partial charge in [-0.15, -0.1) is 0 Å². The van der Waals surface area contributed by atoms with Crippen LogP contribution >= 0.6 is 0 Å². The molecule has 0 spiro atoms. The second kappa shape index (κ2) is 9.24. The van der Waals surface area contributed by atoms with Crippen LogP contribution in [0.4, 0.5) is 17.1 Å². The average Bonchev–Trinajstić information content (AvgIpc) is 2.85. The van der Waals surface area contributed by atoms with Crippen molar-refractivity contribution < 1.29 is 19.1 Å². The van der Waals surface area contributed by atoms with Crippen LogP contribution in [0.3, 0.4) is 0 Å². The standard InChI is InChI=1S/C26H27N3O4/c1-27(2)19-12-10-18(11-13-19)25-26(31)28(22-15-14-21(32-3)16-23(22)33-4)17-24(30)29(25)20-8-6-5-7-9-20/h5-16,25H,17H2,1-4H3/t25-/m0/s1. The molecule has 2 amide bonds. The van der Waals surface area contributed by atoms with E-state index in [2.05, 4.69) is 0 Å². The van der Waals surface area contributed by atoms with Crippen LogP contribution in [0.15, 0.2) is 72.8 Å². The van der Waals surface area contributed by atoms with E-state index in [1.165, 1.54) is 12.0 Å². The predicted octanol–water partition coefficient (Wildman–Crippen LogP) is 3.89. The Morgan fingerprint density at radius 2 is 1.58 bits per heavy atom. The van der Waals surface area contributed by atoms with E-state index in [9.17, 15) is 9.59 Å². The molecule has 0 unspecified atom stereocenters. The van der Waals surface area contributed by atoms with E-state index in [-0.39, 0.29) is 18.4 Å². The molecule has 0 radical (unpaired) electrons. The van der Waals surface area contributed by atoms with Gasteiger partial charge in [0.05, 0.1) is 19.9 Å². The highest BCUT2D eigenvalue weighted by Crippen LogP contribution is 2.39. The lowest BCUT2D eigenvalue weighted by Crippen LogP contribution is -2.56. The number of methoxy groups -OCH3 is 2. The Balaban J connectivity index is 1.81. The number of rotatable bonds is 6. The summed E-state index contributed by atoms with van der Waals surface area (Å²) >= 11 is 0. The number of nitrogens with zero attached hydrogens (tertiary/aromatic N) is 3. The summed E-state index contributed by atoms with van der Waals surface area (Å²) in [6.07, 6.45) is 0. The first-order valence-electron chi connectivity index (χ1n) is 10.6. The number of piperazine rings is 1. The second-order valence-electron chi connectivity index (χ2n) is 7.95. The van der Waals surface area contributed by atoms with E-state index >= 15 is 0 Å². The normalized spacial score (nSPS) is 16.1. The minimum absolute atomic E-state index is 0.0945. The van der Waals surface area contributed by atoms with E-state index in [1.807, 2.05) is 73.6 Å². The Bertz CT molecular complexity index is 1150. The Morgan fingerprint density at radius 3 is 2.18 bits per heavy atom. The first kappa shape index (κ1) is 22.2. The maximum atomic E-state index is 13.9. The molecule has 1 aliphatic rings. The molecule has 1 saturated heterocycles. The summed E-state index contributed by atoms with van der Waals surface area (Å²) in [6.45, 7) is -0.0945. The summed E-state index contributed by atoms with van der Waals surface area (Å²) in [4.78, 5) is 32.5. The van der Waals surface area contributed by atoms with Gasteiger partial charge in [-0.05, 0) is 42.0 Å². The van der Waals surface area contributed by atoms with Gasteiger partial charge in [-0.1, -0.05) is 30.3 Å². The van der Waals surface area contributed by atoms with Crippen LogP contribution in [0.1, 0.15) is 11.6 Å². The lowest BCUT2D eigenvalue weighted by molar-refractivity contribution is -0.128. The molecule has 1 fully saturated rings. The molecule has 1 heterocycles. The van der Waals surface area contributed by atoms with E-state index in [4.69, 9.17) is 9.47 Å². The summed E-state index contributed by atoms with van der Waals surface area (Å²) in [5, 5.41) is 0. The zero-order valence-corrected chi connectivity index (χ0v) is 19.2. The van der Waals surface area contributed by atoms with E-state index < -0.39 is 6.04 Å². The number of carbonyl (C=O) groups excluding carboxylic acids is 2. The van der Waals surface area contributed by atoms with Crippen LogP contribution in [-0.2, 0) is 9.59 Å². The third-order valence-electron chi connectivity index (χ3n) is 5.76. The van der Waals surface area contributed by atoms with Gasteiger partial charge in [0, 0.05) is 31.5 Å². The number of hydrogen-bond acceptors (Lipinski definition) is 5. The van der Waals surface area contributed by atoms with Crippen molar-refractivity contribution in [2.45, 2.75) is 6.04 Å². The lowest BCUT2D eigenvalue weighted by Gasteiger charge is -2.40. The zero-order chi connectivity index (χ0) is 23.5. The number of anilines is 3. The smallest absolute Gasteiger partial charge is 0.255 e. The van der Waals surface area contributed by atoms with E-state index in [0.29, 0.717) is 22.9 Å². The van der Waals surface area contributed by atoms with E-state index in [1.54, 1.807) is 30.2 Å². The summed E-state index contributed by atoms with van der Waals surface area (Å²) in [6, 6.07) is 21.4. The van der Waals surface area contributed by atoms with Crippen molar-refractivity contribution >= 4 is 28.9 Å². The van der Waals surface area contributed by atoms with Gasteiger partial charge in [-0.2, -0.15) is 0 Å². The van der Waals surface area contributed by atoms with Crippen molar-refractivity contribution in [2.75, 3.05) is 49.6 Å². The van der Waals surface area contributed by atoms with Crippen molar-refractivity contribution in [3.8, 4) is 11.5 Å². The van der Waals surface area contributed by atoms with Crippen LogP contribution < -0.4 is 24.2 Å². The molecule has 33 heavy (non-hydrogen) atoms. The summed E-state index contributed by atoms with van der Waals surface area (Å²) < 4.78 is 10.8. The molecule has 1 atom stereocenters. The first-order valence-corrected chi connectivity index (χ1v) is 10.6. The molecule has 0 bridgehead atoms. The second-order valence-corrected chi connectivity index (χ2v) is 7.95. The van der Waals surface area contributed by atoms with Crippen molar-refractivity contribution in [3.63, 3.8) is 0 Å². The molecule has 3 aromatic rings. The van der Waals surface area contributed by atoms with Gasteiger partial charge >= 0.3 is 0 Å². The van der Waals surface area contributed by atoms with Crippen LogP contribution in [-0.4, -0.2) is 46.7 Å². The summed E-state index contributed by atoms with van der Waals surface area (Å²) in [5.74, 6) is 0.679. The number of ether oxygens (including phenoxy) is 2. The number of para-hydroxylation sites is 1. The largest absolute Gasteiger partial charge is 0.497 e. The molecule has 7 nitrogen and oxygen atoms in total. The highest BCUT2D eigenvalue weighted by Gasteiger charge is 2.42. The number of hydrogen-bond donors (Lipinski definition) is 0. The quantitative estimate of drug-likeness (QED) is 0.576. The van der Waals surface area contributed by atoms with Crippen molar-refractivity contribution in [3.05, 3.63) is 78.4 Å². The molecule has 0 N–H and O–H groups in total. The van der Waals surface area contributed by atoms with Crippen LogP contribution in [0.25, 0.3) is 0 Å². The van der Waals surface area contributed by atoms with Crippen LogP contribution in [0.5, 0.6) is 11.5 Å². The van der Waals surface area contributed by atoms with Crippen LogP contribution in [0, 0.1) is 0 Å². The monoisotopic (exact) mass is 445 g/mol. The average molecular weight is 446 g/mol. The molecule has 4 rings (SSSR count). The Morgan fingerprint density at radius 1 is 0.879 bits per heavy atom. The molecule has 170 valence electrons. The molecular weight excluding hydrogens is 418 g/mol.